The van der Waals surface area contributed by atoms with Gasteiger partial charge in [0, 0.05) is 13.1 Å². The highest BCUT2D eigenvalue weighted by Crippen LogP contribution is 2.17. The van der Waals surface area contributed by atoms with Crippen LogP contribution >= 0.6 is 0 Å². The number of nitrogens with one attached hydrogen (secondary N) is 1. The molecule has 0 aromatic heterocycles. The minimum atomic E-state index is -0.539. The quantitative estimate of drug-likeness (QED) is 0.517. The molecule has 2 rings (SSSR count). The van der Waals surface area contributed by atoms with Gasteiger partial charge in [-0.15, -0.1) is 0 Å². The number of hydrogen-bond donors (Lipinski definition) is 2. The van der Waals surface area contributed by atoms with Gasteiger partial charge in [0.25, 0.3) is 0 Å². The average molecular weight is 442 g/mol. The van der Waals surface area contributed by atoms with Crippen molar-refractivity contribution in [3.63, 3.8) is 0 Å². The van der Waals surface area contributed by atoms with Crippen LogP contribution in [0.1, 0.15) is 44.7 Å². The van der Waals surface area contributed by atoms with Gasteiger partial charge in [-0.05, 0) is 63.9 Å². The van der Waals surface area contributed by atoms with Crippen molar-refractivity contribution in [1.82, 2.24) is 10.2 Å². The number of rotatable bonds is 11. The van der Waals surface area contributed by atoms with Crippen molar-refractivity contribution in [2.45, 2.75) is 58.4 Å². The summed E-state index contributed by atoms with van der Waals surface area (Å²) in [4.78, 5) is 25.6. The molecule has 1 atom stereocenters. The summed E-state index contributed by atoms with van der Waals surface area (Å²) in [5.41, 5.74) is 7.25. The number of amides is 2. The maximum atomic E-state index is 12.0. The molecule has 2 aromatic carbocycles. The van der Waals surface area contributed by atoms with Crippen molar-refractivity contribution in [3.05, 3.63) is 65.7 Å². The van der Waals surface area contributed by atoms with Crippen molar-refractivity contribution < 1.29 is 19.1 Å². The molecule has 0 heterocycles. The molecular weight excluding hydrogens is 406 g/mol. The van der Waals surface area contributed by atoms with Gasteiger partial charge in [0.05, 0.1) is 6.04 Å². The lowest BCUT2D eigenvalue weighted by atomic mass is 10.1. The Bertz CT molecular complexity index is 848. The summed E-state index contributed by atoms with van der Waals surface area (Å²) in [7, 11) is 1.87. The van der Waals surface area contributed by atoms with E-state index in [1.807, 2.05) is 87.3 Å². The van der Waals surface area contributed by atoms with E-state index in [9.17, 15) is 9.59 Å². The summed E-state index contributed by atoms with van der Waals surface area (Å²) < 4.78 is 11.0. The number of primary amides is 1. The Labute approximate surface area is 190 Å². The first kappa shape index (κ1) is 25.2. The molecule has 0 saturated heterocycles. The van der Waals surface area contributed by atoms with E-state index in [1.165, 1.54) is 0 Å². The highest BCUT2D eigenvalue weighted by atomic mass is 16.6. The zero-order chi connectivity index (χ0) is 23.6. The second kappa shape index (κ2) is 12.1. The van der Waals surface area contributed by atoms with Gasteiger partial charge in [-0.2, -0.15) is 0 Å². The van der Waals surface area contributed by atoms with Crippen molar-refractivity contribution in [2.24, 2.45) is 5.73 Å². The van der Waals surface area contributed by atoms with Crippen LogP contribution in [0.25, 0.3) is 0 Å². The van der Waals surface area contributed by atoms with Crippen LogP contribution < -0.4 is 15.8 Å². The fourth-order valence-corrected chi connectivity index (χ4v) is 3.21. The molecule has 174 valence electrons. The van der Waals surface area contributed by atoms with E-state index in [2.05, 4.69) is 5.32 Å². The van der Waals surface area contributed by atoms with Crippen LogP contribution in [0.4, 0.5) is 4.79 Å². The van der Waals surface area contributed by atoms with Gasteiger partial charge in [0.2, 0.25) is 5.91 Å². The second-order valence-corrected chi connectivity index (χ2v) is 8.82. The topological polar surface area (TPSA) is 93.9 Å². The minimum Gasteiger partial charge on any atom is -0.489 e. The summed E-state index contributed by atoms with van der Waals surface area (Å²) in [5.74, 6) is 0.410. The SMILES string of the molecule is CN(Cc1ccc(OCc2ccccc2)cc1)[C@H](CCCNC(=O)OC(C)(C)C)C(N)=O. The summed E-state index contributed by atoms with van der Waals surface area (Å²) in [6, 6.07) is 17.4. The fraction of sp³-hybridized carbons (Fsp3) is 0.440. The van der Waals surface area contributed by atoms with Gasteiger partial charge in [0.15, 0.2) is 0 Å². The van der Waals surface area contributed by atoms with Crippen molar-refractivity contribution in [2.75, 3.05) is 13.6 Å². The van der Waals surface area contributed by atoms with Crippen molar-refractivity contribution >= 4 is 12.0 Å². The molecule has 0 aliphatic rings. The van der Waals surface area contributed by atoms with Crippen molar-refractivity contribution in [3.8, 4) is 5.75 Å². The molecule has 0 aliphatic heterocycles. The van der Waals surface area contributed by atoms with Crippen LogP contribution in [0.15, 0.2) is 54.6 Å². The van der Waals surface area contributed by atoms with Crippen LogP contribution in [-0.4, -0.2) is 42.1 Å². The monoisotopic (exact) mass is 441 g/mol. The van der Waals surface area contributed by atoms with Gasteiger partial charge < -0.3 is 20.5 Å². The summed E-state index contributed by atoms with van der Waals surface area (Å²) in [5, 5.41) is 2.71. The third-order valence-corrected chi connectivity index (χ3v) is 4.79. The first-order valence-electron chi connectivity index (χ1n) is 10.9. The van der Waals surface area contributed by atoms with E-state index in [0.29, 0.717) is 32.5 Å². The summed E-state index contributed by atoms with van der Waals surface area (Å²) in [6.07, 6.45) is 0.694. The largest absolute Gasteiger partial charge is 0.489 e. The number of carbonyl (C=O) groups excluding carboxylic acids is 2. The number of likely N-dealkylation sites (N-methyl/N-ethyl adjacent to an activating group) is 1. The van der Waals surface area contributed by atoms with E-state index >= 15 is 0 Å². The predicted molar refractivity (Wildman–Crippen MR) is 125 cm³/mol. The van der Waals surface area contributed by atoms with E-state index < -0.39 is 17.7 Å². The van der Waals surface area contributed by atoms with Gasteiger partial charge in [-0.3, -0.25) is 9.69 Å². The van der Waals surface area contributed by atoms with E-state index in [-0.39, 0.29) is 5.91 Å². The number of benzene rings is 2. The summed E-state index contributed by atoms with van der Waals surface area (Å²) in [6.45, 7) is 6.94. The fourth-order valence-electron chi connectivity index (χ4n) is 3.21. The molecule has 3 N–H and O–H groups in total. The Balaban J connectivity index is 1.79. The van der Waals surface area contributed by atoms with E-state index in [0.717, 1.165) is 16.9 Å². The molecule has 0 bridgehead atoms. The normalized spacial score (nSPS) is 12.3. The number of ether oxygens (including phenoxy) is 2. The second-order valence-electron chi connectivity index (χ2n) is 8.82. The Morgan fingerprint density at radius 2 is 1.69 bits per heavy atom. The van der Waals surface area contributed by atoms with Crippen LogP contribution in [0.5, 0.6) is 5.75 Å². The highest BCUT2D eigenvalue weighted by Gasteiger charge is 2.21. The molecule has 0 spiro atoms. The minimum absolute atomic E-state index is 0.382. The number of alkyl carbamates (subject to hydrolysis) is 1. The maximum Gasteiger partial charge on any atom is 0.407 e. The van der Waals surface area contributed by atoms with Gasteiger partial charge >= 0.3 is 6.09 Å². The molecule has 2 aromatic rings. The highest BCUT2D eigenvalue weighted by molar-refractivity contribution is 5.79. The standard InChI is InChI=1S/C25H35N3O4/c1-25(2,3)32-24(30)27-16-8-11-22(23(26)29)28(4)17-19-12-14-21(15-13-19)31-18-20-9-6-5-7-10-20/h5-7,9-10,12-15,22H,8,11,16-18H2,1-4H3,(H2,26,29)(H,27,30)/t22-/m1/s1. The lowest BCUT2D eigenvalue weighted by Crippen LogP contribution is -2.42. The van der Waals surface area contributed by atoms with Gasteiger partial charge in [-0.25, -0.2) is 4.79 Å². The lowest BCUT2D eigenvalue weighted by molar-refractivity contribution is -0.123. The van der Waals surface area contributed by atoms with Crippen LogP contribution in [-0.2, 0) is 22.7 Å². The zero-order valence-electron chi connectivity index (χ0n) is 19.5. The van der Waals surface area contributed by atoms with Gasteiger partial charge in [-0.1, -0.05) is 42.5 Å². The average Bonchev–Trinajstić information content (AvgIpc) is 2.72. The molecule has 7 heteroatoms. The first-order valence-corrected chi connectivity index (χ1v) is 10.9. The molecule has 32 heavy (non-hydrogen) atoms. The summed E-state index contributed by atoms with van der Waals surface area (Å²) >= 11 is 0. The van der Waals surface area contributed by atoms with Crippen LogP contribution in [0.2, 0.25) is 0 Å². The predicted octanol–water partition coefficient (Wildman–Crippen LogP) is 3.86. The Morgan fingerprint density at radius 3 is 2.28 bits per heavy atom. The molecule has 7 nitrogen and oxygen atoms in total. The molecule has 0 fully saturated rings. The molecule has 2 amide bonds. The van der Waals surface area contributed by atoms with E-state index in [1.54, 1.807) is 0 Å². The Morgan fingerprint density at radius 1 is 1.03 bits per heavy atom. The lowest BCUT2D eigenvalue weighted by Gasteiger charge is -2.26. The zero-order valence-corrected chi connectivity index (χ0v) is 19.5. The number of hydrogen-bond acceptors (Lipinski definition) is 5. The number of nitrogens with two attached hydrogens (primary N) is 1. The molecule has 0 radical (unpaired) electrons. The Kier molecular flexibility index (Phi) is 9.53. The third kappa shape index (κ3) is 9.39. The van der Waals surface area contributed by atoms with Gasteiger partial charge in [0.1, 0.15) is 18.0 Å². The molecule has 0 aliphatic carbocycles. The molecular formula is C25H35N3O4. The first-order chi connectivity index (χ1) is 15.1. The van der Waals surface area contributed by atoms with Crippen molar-refractivity contribution in [1.29, 1.82) is 0 Å². The smallest absolute Gasteiger partial charge is 0.407 e. The number of carbonyl (C=O) groups is 2. The maximum absolute atomic E-state index is 12.0. The van der Waals surface area contributed by atoms with Crippen LogP contribution in [0, 0.1) is 0 Å². The third-order valence-electron chi connectivity index (χ3n) is 4.79. The Hall–Kier alpha value is -3.06. The number of nitrogens with zero attached hydrogens (tertiary/aromatic N) is 1. The van der Waals surface area contributed by atoms with Crippen LogP contribution in [0.3, 0.4) is 0 Å². The van der Waals surface area contributed by atoms with E-state index in [4.69, 9.17) is 15.2 Å². The molecule has 0 saturated carbocycles. The molecule has 0 unspecified atom stereocenters.